The second-order valence-corrected chi connectivity index (χ2v) is 10.3. The summed E-state index contributed by atoms with van der Waals surface area (Å²) in [6.45, 7) is 12.5. The Balaban J connectivity index is 1.89. The first-order chi connectivity index (χ1) is 14.1. The smallest absolute Gasteiger partial charge is 0.302 e. The Morgan fingerprint density at radius 1 is 1.13 bits per heavy atom. The molecule has 2 N–H and O–H groups in total. The van der Waals surface area contributed by atoms with Crippen LogP contribution >= 0.6 is 0 Å². The van der Waals surface area contributed by atoms with Gasteiger partial charge in [-0.15, -0.1) is 0 Å². The monoisotopic (exact) mass is 417 g/mol. The van der Waals surface area contributed by atoms with Crippen LogP contribution in [-0.4, -0.2) is 24.6 Å². The van der Waals surface area contributed by atoms with Crippen molar-refractivity contribution >= 4 is 11.9 Å². The first-order valence-corrected chi connectivity index (χ1v) is 11.5. The molecule has 3 unspecified atom stereocenters. The summed E-state index contributed by atoms with van der Waals surface area (Å²) < 4.78 is 11.1. The van der Waals surface area contributed by atoms with Gasteiger partial charge in [-0.05, 0) is 79.7 Å². The number of hydrogen-bond donors (Lipinski definition) is 1. The minimum atomic E-state index is -0.256. The molecule has 0 heterocycles. The molecule has 3 aliphatic rings. The average molecular weight is 418 g/mol. The maximum atomic E-state index is 11.6. The van der Waals surface area contributed by atoms with Crippen LogP contribution in [0, 0.1) is 34.5 Å². The fraction of sp³-hybridized carbons (Fsp3) is 0.760. The van der Waals surface area contributed by atoms with E-state index in [4.69, 9.17) is 15.2 Å². The quantitative estimate of drug-likeness (QED) is 0.515. The van der Waals surface area contributed by atoms with E-state index in [1.165, 1.54) is 25.8 Å². The summed E-state index contributed by atoms with van der Waals surface area (Å²) >= 11 is 0. The second kappa shape index (κ2) is 8.76. The fourth-order valence-electron chi connectivity index (χ4n) is 6.96. The molecular formula is C25H39NO4. The Bertz CT molecular complexity index is 716. The lowest BCUT2D eigenvalue weighted by molar-refractivity contribution is -0.160. The summed E-state index contributed by atoms with van der Waals surface area (Å²) in [5.74, 6) is 1.07. The lowest BCUT2D eigenvalue weighted by atomic mass is 9.49. The molecule has 0 aromatic rings. The highest BCUT2D eigenvalue weighted by Gasteiger charge is 2.56. The maximum Gasteiger partial charge on any atom is 0.302 e. The molecule has 3 saturated carbocycles. The molecule has 0 aromatic carbocycles. The lowest BCUT2D eigenvalue weighted by Gasteiger charge is -2.56. The van der Waals surface area contributed by atoms with Crippen molar-refractivity contribution in [1.29, 1.82) is 0 Å². The third kappa shape index (κ3) is 4.17. The fourth-order valence-corrected chi connectivity index (χ4v) is 6.96. The van der Waals surface area contributed by atoms with E-state index >= 15 is 0 Å². The largest absolute Gasteiger partial charge is 0.466 e. The van der Waals surface area contributed by atoms with Crippen molar-refractivity contribution < 1.29 is 19.1 Å². The Morgan fingerprint density at radius 2 is 1.87 bits per heavy atom. The van der Waals surface area contributed by atoms with E-state index in [0.717, 1.165) is 38.5 Å². The molecule has 30 heavy (non-hydrogen) atoms. The van der Waals surface area contributed by atoms with E-state index in [0.29, 0.717) is 24.4 Å². The first-order valence-electron chi connectivity index (χ1n) is 11.5. The van der Waals surface area contributed by atoms with Gasteiger partial charge in [0.2, 0.25) is 0 Å². The SMILES string of the molecule is C=C1CCC2C(/C=C/N)C([C@@]3(C)CC[C@H](OC(C)=O)C[C@@H]3COC(C)=O)CC[C@]12C. The van der Waals surface area contributed by atoms with Crippen LogP contribution in [-0.2, 0) is 19.1 Å². The molecule has 0 aliphatic heterocycles. The average Bonchev–Trinajstić information content (AvgIpc) is 2.97. The van der Waals surface area contributed by atoms with Gasteiger partial charge in [0.05, 0.1) is 6.61 Å². The molecule has 3 rings (SSSR count). The van der Waals surface area contributed by atoms with Crippen LogP contribution in [0.1, 0.15) is 72.6 Å². The standard InChI is InChI=1S/C25H39NO4/c1-16-6-7-22-21(10-13-26)23(9-12-24(16,22)4)25(5)11-8-20(30-18(3)28)14-19(25)15-29-17(2)27/h10,13,19-23H,1,6-9,11-12,14-15,26H2,2-5H3/b13-10+/t19-,20+,21?,22?,23?,24-,25+/m1/s1. The van der Waals surface area contributed by atoms with Crippen LogP contribution in [0.2, 0.25) is 0 Å². The molecule has 0 saturated heterocycles. The summed E-state index contributed by atoms with van der Waals surface area (Å²) in [5.41, 5.74) is 7.52. The predicted octanol–water partition coefficient (Wildman–Crippen LogP) is 4.76. The molecule has 0 spiro atoms. The third-order valence-corrected chi connectivity index (χ3v) is 8.77. The van der Waals surface area contributed by atoms with Crippen LogP contribution in [0.15, 0.2) is 24.4 Å². The number of allylic oxidation sites excluding steroid dienone is 2. The topological polar surface area (TPSA) is 78.6 Å². The van der Waals surface area contributed by atoms with Gasteiger partial charge >= 0.3 is 11.9 Å². The van der Waals surface area contributed by atoms with Gasteiger partial charge in [0.25, 0.3) is 0 Å². The van der Waals surface area contributed by atoms with Crippen molar-refractivity contribution in [3.8, 4) is 0 Å². The number of nitrogens with two attached hydrogens (primary N) is 1. The molecule has 3 fully saturated rings. The summed E-state index contributed by atoms with van der Waals surface area (Å²) in [7, 11) is 0. The highest BCUT2D eigenvalue weighted by atomic mass is 16.5. The van der Waals surface area contributed by atoms with E-state index in [9.17, 15) is 9.59 Å². The van der Waals surface area contributed by atoms with Crippen molar-refractivity contribution in [2.75, 3.05) is 6.61 Å². The number of hydrogen-bond acceptors (Lipinski definition) is 5. The molecule has 0 radical (unpaired) electrons. The van der Waals surface area contributed by atoms with Crippen molar-refractivity contribution in [2.24, 2.45) is 40.2 Å². The number of fused-ring (bicyclic) bond motifs is 1. The highest BCUT2D eigenvalue weighted by molar-refractivity contribution is 5.66. The number of carbonyl (C=O) groups is 2. The third-order valence-electron chi connectivity index (χ3n) is 8.77. The zero-order chi connectivity index (χ0) is 22.1. The van der Waals surface area contributed by atoms with Gasteiger partial charge < -0.3 is 15.2 Å². The lowest BCUT2D eigenvalue weighted by Crippen LogP contribution is -2.51. The second-order valence-electron chi connectivity index (χ2n) is 10.3. The number of rotatable bonds is 5. The van der Waals surface area contributed by atoms with Crippen LogP contribution in [0.5, 0.6) is 0 Å². The molecule has 0 amide bonds. The molecule has 7 atom stereocenters. The van der Waals surface area contributed by atoms with Crippen molar-refractivity contribution in [1.82, 2.24) is 0 Å². The van der Waals surface area contributed by atoms with Crippen molar-refractivity contribution in [3.05, 3.63) is 24.4 Å². The molecule has 0 aromatic heterocycles. The number of esters is 2. The molecule has 3 aliphatic carbocycles. The molecule has 168 valence electrons. The Hall–Kier alpha value is -1.78. The van der Waals surface area contributed by atoms with Gasteiger partial charge in [-0.25, -0.2) is 0 Å². The predicted molar refractivity (Wildman–Crippen MR) is 117 cm³/mol. The summed E-state index contributed by atoms with van der Waals surface area (Å²) in [6, 6.07) is 0. The zero-order valence-electron chi connectivity index (χ0n) is 19.1. The van der Waals surface area contributed by atoms with Crippen molar-refractivity contribution in [2.45, 2.75) is 78.7 Å². The minimum absolute atomic E-state index is 0.00152. The molecule has 0 bridgehead atoms. The Morgan fingerprint density at radius 3 is 2.50 bits per heavy atom. The zero-order valence-corrected chi connectivity index (χ0v) is 19.1. The van der Waals surface area contributed by atoms with Gasteiger partial charge in [-0.1, -0.05) is 32.1 Å². The maximum absolute atomic E-state index is 11.6. The van der Waals surface area contributed by atoms with E-state index in [2.05, 4.69) is 26.5 Å². The highest BCUT2D eigenvalue weighted by Crippen LogP contribution is 2.63. The Labute approximate surface area is 181 Å². The molecule has 5 heteroatoms. The molecule has 5 nitrogen and oxygen atoms in total. The van der Waals surface area contributed by atoms with Crippen LogP contribution in [0.3, 0.4) is 0 Å². The van der Waals surface area contributed by atoms with E-state index in [1.807, 2.05) is 0 Å². The van der Waals surface area contributed by atoms with Gasteiger partial charge in [0.15, 0.2) is 0 Å². The van der Waals surface area contributed by atoms with E-state index in [1.54, 1.807) is 6.20 Å². The number of carbonyl (C=O) groups excluding carboxylic acids is 2. The summed E-state index contributed by atoms with van der Waals surface area (Å²) in [5, 5.41) is 0. The van der Waals surface area contributed by atoms with Gasteiger partial charge in [0.1, 0.15) is 6.10 Å². The normalized spacial score (nSPS) is 41.5. The van der Waals surface area contributed by atoms with Gasteiger partial charge in [0, 0.05) is 19.8 Å². The van der Waals surface area contributed by atoms with Crippen LogP contribution < -0.4 is 5.73 Å². The van der Waals surface area contributed by atoms with Gasteiger partial charge in [-0.2, -0.15) is 0 Å². The van der Waals surface area contributed by atoms with Crippen LogP contribution in [0.4, 0.5) is 0 Å². The Kier molecular flexibility index (Phi) is 6.69. The summed E-state index contributed by atoms with van der Waals surface area (Å²) in [4.78, 5) is 23.1. The van der Waals surface area contributed by atoms with Crippen LogP contribution in [0.25, 0.3) is 0 Å². The first kappa shape index (κ1) is 22.9. The van der Waals surface area contributed by atoms with E-state index < -0.39 is 0 Å². The van der Waals surface area contributed by atoms with Crippen molar-refractivity contribution in [3.63, 3.8) is 0 Å². The van der Waals surface area contributed by atoms with E-state index in [-0.39, 0.29) is 34.8 Å². The number of ether oxygens (including phenoxy) is 2. The summed E-state index contributed by atoms with van der Waals surface area (Å²) in [6.07, 6.45) is 10.9. The van der Waals surface area contributed by atoms with Gasteiger partial charge in [-0.3, -0.25) is 9.59 Å². The minimum Gasteiger partial charge on any atom is -0.466 e. The molecular weight excluding hydrogens is 378 g/mol.